The first kappa shape index (κ1) is 18.9. The number of ether oxygens (including phenoxy) is 1. The molecule has 6 nitrogen and oxygen atoms in total. The molecule has 0 atom stereocenters. The van der Waals surface area contributed by atoms with E-state index in [-0.39, 0.29) is 12.3 Å². The summed E-state index contributed by atoms with van der Waals surface area (Å²) < 4.78 is 5.32. The predicted molar refractivity (Wildman–Crippen MR) is 114 cm³/mol. The molecule has 2 heterocycles. The lowest BCUT2D eigenvalue weighted by Gasteiger charge is -2.15. The summed E-state index contributed by atoms with van der Waals surface area (Å²) in [7, 11) is 1.61. The van der Waals surface area contributed by atoms with E-state index in [0.717, 1.165) is 41.4 Å². The Morgan fingerprint density at radius 1 is 1.03 bits per heavy atom. The third kappa shape index (κ3) is 4.54. The number of aromatic nitrogens is 2. The highest BCUT2D eigenvalue weighted by Crippen LogP contribution is 2.24. The molecule has 1 aromatic heterocycles. The molecule has 0 unspecified atom stereocenters. The average molecular weight is 388 g/mol. The van der Waals surface area contributed by atoms with Gasteiger partial charge < -0.3 is 15.0 Å². The van der Waals surface area contributed by atoms with Gasteiger partial charge in [0.05, 0.1) is 19.2 Å². The summed E-state index contributed by atoms with van der Waals surface area (Å²) in [6.07, 6.45) is 2.67. The maximum Gasteiger partial charge on any atom is 0.228 e. The molecule has 0 aliphatic carbocycles. The Bertz CT molecular complexity index is 982. The van der Waals surface area contributed by atoms with E-state index in [4.69, 9.17) is 4.74 Å². The van der Waals surface area contributed by atoms with Crippen LogP contribution in [-0.4, -0.2) is 36.3 Å². The Hall–Kier alpha value is -3.41. The quantitative estimate of drug-likeness (QED) is 0.693. The highest BCUT2D eigenvalue weighted by atomic mass is 16.5. The normalized spacial score (nSPS) is 13.3. The maximum absolute atomic E-state index is 12.5. The molecule has 1 N–H and O–H groups in total. The zero-order valence-corrected chi connectivity index (χ0v) is 16.5. The highest BCUT2D eigenvalue weighted by molar-refractivity contribution is 5.93. The zero-order chi connectivity index (χ0) is 20.1. The van der Waals surface area contributed by atoms with Crippen LogP contribution in [0.2, 0.25) is 0 Å². The second-order valence-electron chi connectivity index (χ2n) is 7.09. The lowest BCUT2D eigenvalue weighted by atomic mass is 10.1. The van der Waals surface area contributed by atoms with Crippen molar-refractivity contribution in [3.63, 3.8) is 0 Å². The van der Waals surface area contributed by atoms with Crippen molar-refractivity contribution in [1.29, 1.82) is 0 Å². The van der Waals surface area contributed by atoms with E-state index in [2.05, 4.69) is 20.4 Å². The van der Waals surface area contributed by atoms with Crippen LogP contribution in [0, 0.1) is 0 Å². The minimum Gasteiger partial charge on any atom is -0.496 e. The number of benzene rings is 2. The fraction of sp³-hybridized carbons (Fsp3) is 0.261. The molecule has 1 aliphatic heterocycles. The largest absolute Gasteiger partial charge is 0.496 e. The number of anilines is 2. The van der Waals surface area contributed by atoms with E-state index in [9.17, 15) is 4.79 Å². The standard InChI is InChI=1S/C23H24N4O2/c1-29-21-10-3-2-7-18(21)16-23(28)24-19-9-6-8-17(15-19)20-11-12-22(26-25-20)27-13-4-5-14-27/h2-3,6-12,15H,4-5,13-14,16H2,1H3,(H,24,28). The van der Waals surface area contributed by atoms with E-state index in [0.29, 0.717) is 5.75 Å². The monoisotopic (exact) mass is 388 g/mol. The minimum absolute atomic E-state index is 0.0953. The first-order valence-corrected chi connectivity index (χ1v) is 9.84. The van der Waals surface area contributed by atoms with Crippen LogP contribution in [0.4, 0.5) is 11.5 Å². The molecule has 4 rings (SSSR count). The number of nitrogens with one attached hydrogen (secondary N) is 1. The van der Waals surface area contributed by atoms with Gasteiger partial charge in [0, 0.05) is 29.9 Å². The van der Waals surface area contributed by atoms with Gasteiger partial charge in [0.1, 0.15) is 5.75 Å². The van der Waals surface area contributed by atoms with E-state index in [1.165, 1.54) is 12.8 Å². The number of methoxy groups -OCH3 is 1. The lowest BCUT2D eigenvalue weighted by Crippen LogP contribution is -2.19. The van der Waals surface area contributed by atoms with Crippen LogP contribution in [-0.2, 0) is 11.2 Å². The van der Waals surface area contributed by atoms with E-state index < -0.39 is 0 Å². The van der Waals surface area contributed by atoms with Crippen LogP contribution in [0.15, 0.2) is 60.7 Å². The van der Waals surface area contributed by atoms with Gasteiger partial charge in [-0.3, -0.25) is 4.79 Å². The van der Waals surface area contributed by atoms with Crippen LogP contribution in [0.5, 0.6) is 5.75 Å². The number of carbonyl (C=O) groups is 1. The summed E-state index contributed by atoms with van der Waals surface area (Å²) in [6, 6.07) is 19.2. The van der Waals surface area contributed by atoms with Gasteiger partial charge in [0.25, 0.3) is 0 Å². The molecule has 0 saturated carbocycles. The van der Waals surface area contributed by atoms with Crippen LogP contribution >= 0.6 is 0 Å². The Morgan fingerprint density at radius 2 is 1.86 bits per heavy atom. The molecular weight excluding hydrogens is 364 g/mol. The number of amides is 1. The molecule has 0 radical (unpaired) electrons. The lowest BCUT2D eigenvalue weighted by molar-refractivity contribution is -0.115. The summed E-state index contributed by atoms with van der Waals surface area (Å²) in [6.45, 7) is 2.09. The molecule has 0 bridgehead atoms. The number of hydrogen-bond donors (Lipinski definition) is 1. The van der Waals surface area contributed by atoms with Crippen molar-refractivity contribution < 1.29 is 9.53 Å². The second kappa shape index (κ2) is 8.73. The number of nitrogens with zero attached hydrogens (tertiary/aromatic N) is 3. The van der Waals surface area contributed by atoms with Crippen molar-refractivity contribution in [3.05, 3.63) is 66.2 Å². The van der Waals surface area contributed by atoms with Gasteiger partial charge in [0.2, 0.25) is 5.91 Å². The molecule has 1 fully saturated rings. The van der Waals surface area contributed by atoms with Crippen LogP contribution in [0.25, 0.3) is 11.3 Å². The average Bonchev–Trinajstić information content (AvgIpc) is 3.29. The minimum atomic E-state index is -0.0953. The molecule has 1 aliphatic rings. The summed E-state index contributed by atoms with van der Waals surface area (Å²) in [4.78, 5) is 14.7. The first-order chi connectivity index (χ1) is 14.2. The van der Waals surface area contributed by atoms with Crippen molar-refractivity contribution >= 4 is 17.4 Å². The number of para-hydroxylation sites is 1. The molecule has 2 aromatic carbocycles. The van der Waals surface area contributed by atoms with E-state index >= 15 is 0 Å². The van der Waals surface area contributed by atoms with Crippen molar-refractivity contribution in [2.45, 2.75) is 19.3 Å². The molecule has 3 aromatic rings. The molecule has 1 saturated heterocycles. The number of hydrogen-bond acceptors (Lipinski definition) is 5. The van der Waals surface area contributed by atoms with Gasteiger partial charge in [-0.05, 0) is 43.2 Å². The van der Waals surface area contributed by atoms with Gasteiger partial charge in [0.15, 0.2) is 5.82 Å². The molecule has 6 heteroatoms. The molecule has 148 valence electrons. The Labute approximate surface area is 170 Å². The molecule has 1 amide bonds. The van der Waals surface area contributed by atoms with Gasteiger partial charge in [-0.2, -0.15) is 0 Å². The Morgan fingerprint density at radius 3 is 2.62 bits per heavy atom. The van der Waals surface area contributed by atoms with E-state index in [1.807, 2.05) is 60.7 Å². The third-order valence-electron chi connectivity index (χ3n) is 5.07. The van der Waals surface area contributed by atoms with Crippen molar-refractivity contribution in [2.24, 2.45) is 0 Å². The molecular formula is C23H24N4O2. The zero-order valence-electron chi connectivity index (χ0n) is 16.5. The van der Waals surface area contributed by atoms with Gasteiger partial charge in [-0.15, -0.1) is 10.2 Å². The topological polar surface area (TPSA) is 67.3 Å². The summed E-state index contributed by atoms with van der Waals surface area (Å²) in [5, 5.41) is 11.7. The second-order valence-corrected chi connectivity index (χ2v) is 7.09. The summed E-state index contributed by atoms with van der Waals surface area (Å²) in [5.74, 6) is 1.54. The fourth-order valence-electron chi connectivity index (χ4n) is 3.58. The van der Waals surface area contributed by atoms with Crippen LogP contribution in [0.1, 0.15) is 18.4 Å². The van der Waals surface area contributed by atoms with Crippen molar-refractivity contribution in [2.75, 3.05) is 30.4 Å². The highest BCUT2D eigenvalue weighted by Gasteiger charge is 2.14. The molecule has 29 heavy (non-hydrogen) atoms. The Balaban J connectivity index is 1.45. The summed E-state index contributed by atoms with van der Waals surface area (Å²) >= 11 is 0. The SMILES string of the molecule is COc1ccccc1CC(=O)Nc1cccc(-c2ccc(N3CCCC3)nn2)c1. The van der Waals surface area contributed by atoms with Gasteiger partial charge >= 0.3 is 0 Å². The smallest absolute Gasteiger partial charge is 0.228 e. The van der Waals surface area contributed by atoms with Gasteiger partial charge in [-0.25, -0.2) is 0 Å². The van der Waals surface area contributed by atoms with Crippen molar-refractivity contribution in [1.82, 2.24) is 10.2 Å². The number of carbonyl (C=O) groups excluding carboxylic acids is 1. The third-order valence-corrected chi connectivity index (χ3v) is 5.07. The van der Waals surface area contributed by atoms with Gasteiger partial charge in [-0.1, -0.05) is 30.3 Å². The first-order valence-electron chi connectivity index (χ1n) is 9.84. The van der Waals surface area contributed by atoms with E-state index in [1.54, 1.807) is 7.11 Å². The number of rotatable bonds is 6. The van der Waals surface area contributed by atoms with Crippen LogP contribution in [0.3, 0.4) is 0 Å². The summed E-state index contributed by atoms with van der Waals surface area (Å²) in [5.41, 5.74) is 3.29. The van der Waals surface area contributed by atoms with Crippen LogP contribution < -0.4 is 15.0 Å². The maximum atomic E-state index is 12.5. The van der Waals surface area contributed by atoms with Crippen molar-refractivity contribution in [3.8, 4) is 17.0 Å². The predicted octanol–water partition coefficient (Wildman–Crippen LogP) is 3.93. The Kier molecular flexibility index (Phi) is 5.70. The molecule has 0 spiro atoms. The fourth-order valence-corrected chi connectivity index (χ4v) is 3.58.